The number of anilines is 1. The fourth-order valence-corrected chi connectivity index (χ4v) is 3.02. The summed E-state index contributed by atoms with van der Waals surface area (Å²) < 4.78 is 17.1. The lowest BCUT2D eigenvalue weighted by Gasteiger charge is -2.22. The predicted octanol–water partition coefficient (Wildman–Crippen LogP) is 3.02. The largest absolute Gasteiger partial charge is 0.486 e. The van der Waals surface area contributed by atoms with Crippen LogP contribution in [0.15, 0.2) is 21.3 Å². The van der Waals surface area contributed by atoms with Crippen LogP contribution in [0.5, 0.6) is 11.5 Å². The number of hydrogen-bond donors (Lipinski definition) is 1. The minimum absolute atomic E-state index is 0.304. The fourth-order valence-electron chi connectivity index (χ4n) is 2.22. The predicted molar refractivity (Wildman–Crippen MR) is 74.4 cm³/mol. The number of benzene rings is 1. The van der Waals surface area contributed by atoms with Crippen LogP contribution in [0.1, 0.15) is 12.5 Å². The van der Waals surface area contributed by atoms with Crippen molar-refractivity contribution in [2.75, 3.05) is 18.9 Å². The van der Waals surface area contributed by atoms with Gasteiger partial charge in [0.05, 0.1) is 16.2 Å². The van der Waals surface area contributed by atoms with Gasteiger partial charge in [0.1, 0.15) is 13.2 Å². The number of nitrogens with two attached hydrogens (primary N) is 1. The van der Waals surface area contributed by atoms with Gasteiger partial charge in [0.25, 0.3) is 0 Å². The SMILES string of the molecule is CCc1c(-c2cnoc2N)cc2c(c1Br)OCCO2. The summed E-state index contributed by atoms with van der Waals surface area (Å²) in [6, 6.07) is 1.93. The molecule has 0 aliphatic carbocycles. The minimum Gasteiger partial charge on any atom is -0.486 e. The van der Waals surface area contributed by atoms with Crippen LogP contribution in [0.25, 0.3) is 11.1 Å². The van der Waals surface area contributed by atoms with E-state index in [1.165, 1.54) is 0 Å². The molecule has 0 spiro atoms. The molecular formula is C13H13BrN2O3. The van der Waals surface area contributed by atoms with Crippen LogP contribution in [0.2, 0.25) is 0 Å². The fraction of sp³-hybridized carbons (Fsp3) is 0.308. The van der Waals surface area contributed by atoms with Crippen molar-refractivity contribution in [3.8, 4) is 22.6 Å². The molecule has 1 aliphatic heterocycles. The number of ether oxygens (including phenoxy) is 2. The van der Waals surface area contributed by atoms with E-state index in [0.29, 0.717) is 24.8 Å². The Bertz CT molecular complexity index is 625. The molecule has 0 saturated heterocycles. The maximum atomic E-state index is 5.81. The average molecular weight is 325 g/mol. The van der Waals surface area contributed by atoms with E-state index in [9.17, 15) is 0 Å². The number of fused-ring (bicyclic) bond motifs is 1. The standard InChI is InChI=1S/C13H13BrN2O3/c1-2-7-8(9-6-16-19-13(9)15)5-10-12(11(7)14)18-4-3-17-10/h5-6H,2-4,15H2,1H3. The lowest BCUT2D eigenvalue weighted by atomic mass is 9.99. The van der Waals surface area contributed by atoms with Gasteiger partial charge in [-0.2, -0.15) is 0 Å². The Hall–Kier alpha value is -1.69. The highest BCUT2D eigenvalue weighted by atomic mass is 79.9. The number of aromatic nitrogens is 1. The monoisotopic (exact) mass is 324 g/mol. The van der Waals surface area contributed by atoms with Crippen LogP contribution in [0.4, 0.5) is 5.88 Å². The van der Waals surface area contributed by atoms with E-state index in [2.05, 4.69) is 28.0 Å². The van der Waals surface area contributed by atoms with Gasteiger partial charge in [0.15, 0.2) is 11.5 Å². The van der Waals surface area contributed by atoms with E-state index >= 15 is 0 Å². The van der Waals surface area contributed by atoms with Crippen molar-refractivity contribution in [2.45, 2.75) is 13.3 Å². The highest BCUT2D eigenvalue weighted by Gasteiger charge is 2.23. The molecule has 2 aromatic rings. The summed E-state index contributed by atoms with van der Waals surface area (Å²) in [6.45, 7) is 3.18. The molecule has 5 nitrogen and oxygen atoms in total. The van der Waals surface area contributed by atoms with Crippen molar-refractivity contribution in [3.05, 3.63) is 22.3 Å². The second-order valence-corrected chi connectivity index (χ2v) is 4.99. The second-order valence-electron chi connectivity index (χ2n) is 4.20. The van der Waals surface area contributed by atoms with Gasteiger partial charge in [-0.25, -0.2) is 0 Å². The summed E-state index contributed by atoms with van der Waals surface area (Å²) in [5, 5.41) is 3.73. The van der Waals surface area contributed by atoms with Crippen LogP contribution < -0.4 is 15.2 Å². The zero-order chi connectivity index (χ0) is 13.4. The molecule has 0 radical (unpaired) electrons. The molecule has 0 atom stereocenters. The van der Waals surface area contributed by atoms with Crippen molar-refractivity contribution >= 4 is 21.8 Å². The molecule has 3 rings (SSSR count). The van der Waals surface area contributed by atoms with E-state index in [1.54, 1.807) is 6.20 Å². The first kappa shape index (κ1) is 12.3. The van der Waals surface area contributed by atoms with E-state index < -0.39 is 0 Å². The summed E-state index contributed by atoms with van der Waals surface area (Å²) in [7, 11) is 0. The molecule has 0 saturated carbocycles. The quantitative estimate of drug-likeness (QED) is 0.919. The third-order valence-electron chi connectivity index (χ3n) is 3.12. The molecule has 0 fully saturated rings. The van der Waals surface area contributed by atoms with Crippen LogP contribution >= 0.6 is 15.9 Å². The number of nitrogens with zero attached hydrogens (tertiary/aromatic N) is 1. The maximum absolute atomic E-state index is 5.81. The molecule has 0 unspecified atom stereocenters. The van der Waals surface area contributed by atoms with Crippen molar-refractivity contribution in [3.63, 3.8) is 0 Å². The summed E-state index contributed by atoms with van der Waals surface area (Å²) in [6.07, 6.45) is 2.45. The number of halogens is 1. The van der Waals surface area contributed by atoms with E-state index in [1.807, 2.05) is 6.07 Å². The Morgan fingerprint density at radius 1 is 1.32 bits per heavy atom. The Balaban J connectivity index is 2.24. The van der Waals surface area contributed by atoms with Gasteiger partial charge in [0.2, 0.25) is 5.88 Å². The molecule has 1 aliphatic rings. The van der Waals surface area contributed by atoms with E-state index in [4.69, 9.17) is 19.7 Å². The van der Waals surface area contributed by atoms with Crippen molar-refractivity contribution in [1.29, 1.82) is 0 Å². The molecule has 1 aromatic heterocycles. The normalized spacial score (nSPS) is 13.6. The summed E-state index contributed by atoms with van der Waals surface area (Å²) in [5.41, 5.74) is 8.63. The first-order valence-corrected chi connectivity index (χ1v) is 6.83. The van der Waals surface area contributed by atoms with Crippen molar-refractivity contribution in [2.24, 2.45) is 0 Å². The van der Waals surface area contributed by atoms with Gasteiger partial charge < -0.3 is 19.7 Å². The number of hydrogen-bond acceptors (Lipinski definition) is 5. The third kappa shape index (κ3) is 1.96. The Morgan fingerprint density at radius 3 is 2.79 bits per heavy atom. The maximum Gasteiger partial charge on any atom is 0.229 e. The average Bonchev–Trinajstić information content (AvgIpc) is 2.85. The molecule has 0 bridgehead atoms. The molecular weight excluding hydrogens is 312 g/mol. The molecule has 0 amide bonds. The van der Waals surface area contributed by atoms with E-state index in [0.717, 1.165) is 33.3 Å². The number of nitrogen functional groups attached to an aromatic ring is 1. The zero-order valence-corrected chi connectivity index (χ0v) is 12.0. The Labute approximate surface area is 118 Å². The van der Waals surface area contributed by atoms with Gasteiger partial charge in [-0.3, -0.25) is 0 Å². The molecule has 100 valence electrons. The molecule has 1 aromatic carbocycles. The molecule has 2 N–H and O–H groups in total. The summed E-state index contributed by atoms with van der Waals surface area (Å²) in [4.78, 5) is 0. The zero-order valence-electron chi connectivity index (χ0n) is 10.4. The van der Waals surface area contributed by atoms with Gasteiger partial charge in [0, 0.05) is 0 Å². The smallest absolute Gasteiger partial charge is 0.229 e. The van der Waals surface area contributed by atoms with Gasteiger partial charge in [-0.15, -0.1) is 0 Å². The Kier molecular flexibility index (Phi) is 3.10. The highest BCUT2D eigenvalue weighted by molar-refractivity contribution is 9.10. The summed E-state index contributed by atoms with van der Waals surface area (Å²) >= 11 is 3.59. The lowest BCUT2D eigenvalue weighted by molar-refractivity contribution is 0.170. The number of rotatable bonds is 2. The van der Waals surface area contributed by atoms with Crippen molar-refractivity contribution < 1.29 is 14.0 Å². The van der Waals surface area contributed by atoms with Crippen molar-refractivity contribution in [1.82, 2.24) is 5.16 Å². The van der Waals surface area contributed by atoms with Crippen LogP contribution in [0.3, 0.4) is 0 Å². The first-order valence-electron chi connectivity index (χ1n) is 6.03. The van der Waals surface area contributed by atoms with Crippen LogP contribution in [0, 0.1) is 0 Å². The van der Waals surface area contributed by atoms with Gasteiger partial charge >= 0.3 is 0 Å². The minimum atomic E-state index is 0.304. The lowest BCUT2D eigenvalue weighted by Crippen LogP contribution is -2.16. The molecule has 19 heavy (non-hydrogen) atoms. The third-order valence-corrected chi connectivity index (χ3v) is 3.96. The molecule has 6 heteroatoms. The first-order chi connectivity index (χ1) is 9.22. The van der Waals surface area contributed by atoms with Crippen LogP contribution in [-0.4, -0.2) is 18.4 Å². The van der Waals surface area contributed by atoms with Gasteiger partial charge in [-0.1, -0.05) is 12.1 Å². The topological polar surface area (TPSA) is 70.5 Å². The summed E-state index contributed by atoms with van der Waals surface area (Å²) in [5.74, 6) is 1.77. The highest BCUT2D eigenvalue weighted by Crippen LogP contribution is 2.45. The molecule has 2 heterocycles. The second kappa shape index (κ2) is 4.77. The van der Waals surface area contributed by atoms with E-state index in [-0.39, 0.29) is 0 Å². The van der Waals surface area contributed by atoms with Gasteiger partial charge in [-0.05, 0) is 39.5 Å². The Morgan fingerprint density at radius 2 is 2.11 bits per heavy atom. The van der Waals surface area contributed by atoms with Crippen LogP contribution in [-0.2, 0) is 6.42 Å².